The quantitative estimate of drug-likeness (QED) is 0.398. The van der Waals surface area contributed by atoms with E-state index in [1.54, 1.807) is 30.3 Å². The first kappa shape index (κ1) is 23.0. The number of halogens is 1. The molecule has 4 rings (SSSR count). The molecule has 0 saturated carbocycles. The zero-order chi connectivity index (χ0) is 24.2. The summed E-state index contributed by atoms with van der Waals surface area (Å²) in [5.74, 6) is 0.164. The number of methoxy groups -OCH3 is 1. The van der Waals surface area contributed by atoms with Crippen molar-refractivity contribution >= 4 is 22.6 Å². The molecule has 1 aromatic heterocycles. The lowest BCUT2D eigenvalue weighted by Crippen LogP contribution is -2.35. The highest BCUT2D eigenvalue weighted by atomic mass is 19.1. The van der Waals surface area contributed by atoms with E-state index >= 15 is 0 Å². The Morgan fingerprint density at radius 3 is 2.44 bits per heavy atom. The van der Waals surface area contributed by atoms with E-state index in [0.29, 0.717) is 17.0 Å². The smallest absolute Gasteiger partial charge is 0.322 e. The van der Waals surface area contributed by atoms with Gasteiger partial charge in [-0.3, -0.25) is 4.79 Å². The molecule has 0 spiro atoms. The predicted molar refractivity (Wildman–Crippen MR) is 132 cm³/mol. The molecule has 1 heterocycles. The summed E-state index contributed by atoms with van der Waals surface area (Å²) in [6.07, 6.45) is 0. The number of aromatic nitrogens is 1. The van der Waals surface area contributed by atoms with E-state index in [-0.39, 0.29) is 24.5 Å². The molecule has 0 aliphatic heterocycles. The molecule has 3 aromatic carbocycles. The highest BCUT2D eigenvalue weighted by Crippen LogP contribution is 2.24. The zero-order valence-electron chi connectivity index (χ0n) is 19.3. The van der Waals surface area contributed by atoms with Gasteiger partial charge in [-0.25, -0.2) is 9.18 Å². The molecule has 2 amide bonds. The number of aryl methyl sites for hydroxylation is 2. The van der Waals surface area contributed by atoms with Crippen molar-refractivity contribution in [3.63, 3.8) is 0 Å². The van der Waals surface area contributed by atoms with Gasteiger partial charge < -0.3 is 19.9 Å². The van der Waals surface area contributed by atoms with Gasteiger partial charge in [0.05, 0.1) is 19.3 Å². The van der Waals surface area contributed by atoms with E-state index in [1.807, 2.05) is 38.1 Å². The van der Waals surface area contributed by atoms with Crippen molar-refractivity contribution in [2.75, 3.05) is 12.4 Å². The lowest BCUT2D eigenvalue weighted by molar-refractivity contribution is 0.206. The maximum absolute atomic E-state index is 13.4. The number of carbonyl (C=O) groups excluding carboxylic acids is 1. The van der Waals surface area contributed by atoms with Crippen molar-refractivity contribution in [3.05, 3.63) is 105 Å². The first-order valence-corrected chi connectivity index (χ1v) is 10.9. The van der Waals surface area contributed by atoms with Crippen LogP contribution in [0.5, 0.6) is 5.75 Å². The molecule has 0 aliphatic carbocycles. The lowest BCUT2D eigenvalue weighted by Gasteiger charge is -2.24. The van der Waals surface area contributed by atoms with Crippen molar-refractivity contribution in [1.29, 1.82) is 0 Å². The number of H-pyrrole nitrogens is 1. The molecule has 0 atom stereocenters. The van der Waals surface area contributed by atoms with E-state index in [0.717, 1.165) is 27.6 Å². The second-order valence-corrected chi connectivity index (χ2v) is 8.26. The van der Waals surface area contributed by atoms with Crippen molar-refractivity contribution in [2.45, 2.75) is 26.9 Å². The summed E-state index contributed by atoms with van der Waals surface area (Å²) >= 11 is 0. The molecular weight excluding hydrogens is 433 g/mol. The summed E-state index contributed by atoms with van der Waals surface area (Å²) < 4.78 is 18.7. The summed E-state index contributed by atoms with van der Waals surface area (Å²) in [6, 6.07) is 18.4. The van der Waals surface area contributed by atoms with Crippen LogP contribution in [0.3, 0.4) is 0 Å². The number of rotatable bonds is 6. The van der Waals surface area contributed by atoms with Gasteiger partial charge in [-0.15, -0.1) is 0 Å². The van der Waals surface area contributed by atoms with Crippen molar-refractivity contribution < 1.29 is 13.9 Å². The lowest BCUT2D eigenvalue weighted by atomic mass is 10.0. The number of amides is 2. The van der Waals surface area contributed by atoms with Crippen LogP contribution in [0.2, 0.25) is 0 Å². The number of nitrogens with zero attached hydrogens (tertiary/aromatic N) is 1. The van der Waals surface area contributed by atoms with Gasteiger partial charge in [-0.05, 0) is 78.4 Å². The number of hydrogen-bond donors (Lipinski definition) is 2. The van der Waals surface area contributed by atoms with Crippen LogP contribution in [0.15, 0.2) is 71.5 Å². The van der Waals surface area contributed by atoms with Gasteiger partial charge in [-0.1, -0.05) is 24.3 Å². The van der Waals surface area contributed by atoms with Crippen LogP contribution < -0.4 is 15.6 Å². The van der Waals surface area contributed by atoms with Crippen LogP contribution in [0.25, 0.3) is 10.9 Å². The molecule has 34 heavy (non-hydrogen) atoms. The highest BCUT2D eigenvalue weighted by molar-refractivity contribution is 5.91. The number of carbonyl (C=O) groups is 1. The number of benzene rings is 3. The summed E-state index contributed by atoms with van der Waals surface area (Å²) in [4.78, 5) is 30.6. The molecular formula is C27H26FN3O3. The molecule has 0 unspecified atom stereocenters. The minimum absolute atomic E-state index is 0.0660. The molecule has 6 nitrogen and oxygen atoms in total. The maximum Gasteiger partial charge on any atom is 0.322 e. The van der Waals surface area contributed by atoms with Gasteiger partial charge in [-0.2, -0.15) is 0 Å². The maximum atomic E-state index is 13.4. The second-order valence-electron chi connectivity index (χ2n) is 8.26. The molecule has 0 radical (unpaired) electrons. The topological polar surface area (TPSA) is 74.4 Å². The minimum atomic E-state index is -0.409. The third-order valence-corrected chi connectivity index (χ3v) is 5.82. The predicted octanol–water partition coefficient (Wildman–Crippen LogP) is 5.53. The monoisotopic (exact) mass is 459 g/mol. The Labute approximate surface area is 197 Å². The van der Waals surface area contributed by atoms with Crippen molar-refractivity contribution in [3.8, 4) is 5.75 Å². The molecule has 4 aromatic rings. The standard InChI is InChI=1S/C27H26FN3O3/c1-17-12-20-14-21(26(32)29-24(20)13-18(17)2)16-31(15-19-8-10-22(28)11-9-19)27(33)30-23-6-4-5-7-25(23)34-3/h4-14H,15-16H2,1-3H3,(H,29,32)(H,30,33). The summed E-state index contributed by atoms with van der Waals surface area (Å²) in [5, 5.41) is 3.76. The van der Waals surface area contributed by atoms with Gasteiger partial charge in [0.1, 0.15) is 11.6 Å². The van der Waals surface area contributed by atoms with Crippen LogP contribution in [0.1, 0.15) is 22.3 Å². The summed E-state index contributed by atoms with van der Waals surface area (Å²) in [7, 11) is 1.53. The van der Waals surface area contributed by atoms with Crippen LogP contribution in [0.4, 0.5) is 14.9 Å². The van der Waals surface area contributed by atoms with Crippen LogP contribution >= 0.6 is 0 Å². The average molecular weight is 460 g/mol. The first-order chi connectivity index (χ1) is 16.3. The number of nitrogens with one attached hydrogen (secondary N) is 2. The van der Waals surface area contributed by atoms with Crippen molar-refractivity contribution in [2.24, 2.45) is 0 Å². The zero-order valence-corrected chi connectivity index (χ0v) is 19.3. The normalized spacial score (nSPS) is 10.8. The van der Waals surface area contributed by atoms with Gasteiger partial charge >= 0.3 is 6.03 Å². The Morgan fingerprint density at radius 2 is 1.71 bits per heavy atom. The van der Waals surface area contributed by atoms with E-state index in [2.05, 4.69) is 10.3 Å². The van der Waals surface area contributed by atoms with E-state index in [1.165, 1.54) is 24.1 Å². The average Bonchev–Trinajstić information content (AvgIpc) is 2.82. The van der Waals surface area contributed by atoms with E-state index in [9.17, 15) is 14.0 Å². The molecule has 2 N–H and O–H groups in total. The van der Waals surface area contributed by atoms with E-state index < -0.39 is 6.03 Å². The fraction of sp³-hybridized carbons (Fsp3) is 0.185. The fourth-order valence-corrected chi connectivity index (χ4v) is 3.80. The SMILES string of the molecule is COc1ccccc1NC(=O)N(Cc1ccc(F)cc1)Cc1cc2cc(C)c(C)cc2[nH]c1=O. The Kier molecular flexibility index (Phi) is 6.63. The van der Waals surface area contributed by atoms with Crippen molar-refractivity contribution in [1.82, 2.24) is 9.88 Å². The van der Waals surface area contributed by atoms with Gasteiger partial charge in [0.15, 0.2) is 0 Å². The number of ether oxygens (including phenoxy) is 1. The largest absolute Gasteiger partial charge is 0.495 e. The van der Waals surface area contributed by atoms with Crippen LogP contribution in [0, 0.1) is 19.7 Å². The third kappa shape index (κ3) is 5.09. The number of para-hydroxylation sites is 2. The second kappa shape index (κ2) is 9.79. The Balaban J connectivity index is 1.68. The number of aromatic amines is 1. The molecule has 0 bridgehead atoms. The molecule has 174 valence electrons. The Bertz CT molecular complexity index is 1400. The molecule has 0 fully saturated rings. The molecule has 7 heteroatoms. The van der Waals surface area contributed by atoms with Gasteiger partial charge in [0, 0.05) is 17.6 Å². The van der Waals surface area contributed by atoms with Crippen LogP contribution in [-0.2, 0) is 13.1 Å². The number of urea groups is 1. The molecule has 0 aliphatic rings. The fourth-order valence-electron chi connectivity index (χ4n) is 3.80. The van der Waals surface area contributed by atoms with Crippen LogP contribution in [-0.4, -0.2) is 23.0 Å². The molecule has 0 saturated heterocycles. The van der Waals surface area contributed by atoms with Gasteiger partial charge in [0.25, 0.3) is 5.56 Å². The third-order valence-electron chi connectivity index (χ3n) is 5.82. The van der Waals surface area contributed by atoms with E-state index in [4.69, 9.17) is 4.74 Å². The summed E-state index contributed by atoms with van der Waals surface area (Å²) in [6.45, 7) is 4.26. The minimum Gasteiger partial charge on any atom is -0.495 e. The number of pyridine rings is 1. The van der Waals surface area contributed by atoms with Gasteiger partial charge in [0.2, 0.25) is 0 Å². The highest BCUT2D eigenvalue weighted by Gasteiger charge is 2.18. The number of hydrogen-bond acceptors (Lipinski definition) is 3. The summed E-state index contributed by atoms with van der Waals surface area (Å²) in [5.41, 5.74) is 4.39. The number of anilines is 1. The first-order valence-electron chi connectivity index (χ1n) is 10.9. The Morgan fingerprint density at radius 1 is 1.00 bits per heavy atom. The Hall–Kier alpha value is -4.13. The number of fused-ring (bicyclic) bond motifs is 1.